The lowest BCUT2D eigenvalue weighted by molar-refractivity contribution is -0.124. The molecular formula is C15H22N2O3. The predicted molar refractivity (Wildman–Crippen MR) is 77.5 cm³/mol. The van der Waals surface area contributed by atoms with Crippen molar-refractivity contribution in [3.63, 3.8) is 0 Å². The molecule has 0 aliphatic heterocycles. The van der Waals surface area contributed by atoms with Gasteiger partial charge in [0.15, 0.2) is 0 Å². The molecule has 1 amide bonds. The lowest BCUT2D eigenvalue weighted by Crippen LogP contribution is -2.48. The van der Waals surface area contributed by atoms with Crippen molar-refractivity contribution in [1.29, 1.82) is 0 Å². The number of carbonyl (C=O) groups excluding carboxylic acids is 1. The van der Waals surface area contributed by atoms with Gasteiger partial charge >= 0.3 is 5.97 Å². The first-order valence-electron chi connectivity index (χ1n) is 6.57. The molecule has 0 aromatic heterocycles. The Kier molecular flexibility index (Phi) is 5.27. The van der Waals surface area contributed by atoms with E-state index in [0.29, 0.717) is 13.0 Å². The highest BCUT2D eigenvalue weighted by atomic mass is 16.4. The van der Waals surface area contributed by atoms with Crippen molar-refractivity contribution >= 4 is 11.9 Å². The zero-order chi connectivity index (χ0) is 15.3. The molecule has 5 nitrogen and oxygen atoms in total. The average Bonchev–Trinajstić information content (AvgIpc) is 2.37. The second kappa shape index (κ2) is 6.52. The summed E-state index contributed by atoms with van der Waals surface area (Å²) in [4.78, 5) is 22.5. The summed E-state index contributed by atoms with van der Waals surface area (Å²) in [6.07, 6.45) is 0.641. The molecule has 0 heterocycles. The lowest BCUT2D eigenvalue weighted by atomic mass is 9.87. The van der Waals surface area contributed by atoms with Gasteiger partial charge in [0.05, 0.1) is 11.6 Å². The molecule has 0 fully saturated rings. The average molecular weight is 278 g/mol. The standard InChI is InChI=1S/C15H22N2O3/c1-15(2,3)12(16)13(18)17-9-8-10-4-6-11(7-5-10)14(19)20/h4-7,12H,8-9,16H2,1-3H3,(H,17,18)(H,19,20). The normalized spacial score (nSPS) is 12.8. The number of nitrogens with two attached hydrogens (primary N) is 1. The highest BCUT2D eigenvalue weighted by Gasteiger charge is 2.26. The Labute approximate surface area is 119 Å². The van der Waals surface area contributed by atoms with Gasteiger partial charge in [-0.3, -0.25) is 4.79 Å². The number of amides is 1. The molecule has 0 saturated carbocycles. The highest BCUT2D eigenvalue weighted by Crippen LogP contribution is 2.17. The van der Waals surface area contributed by atoms with Gasteiger partial charge in [-0.2, -0.15) is 0 Å². The van der Waals surface area contributed by atoms with E-state index in [4.69, 9.17) is 10.8 Å². The van der Waals surface area contributed by atoms with Gasteiger partial charge in [-0.15, -0.1) is 0 Å². The van der Waals surface area contributed by atoms with Crippen LogP contribution in [-0.4, -0.2) is 29.6 Å². The van der Waals surface area contributed by atoms with Crippen LogP contribution in [0.4, 0.5) is 0 Å². The number of hydrogen-bond donors (Lipinski definition) is 3. The van der Waals surface area contributed by atoms with Crippen molar-refractivity contribution in [2.75, 3.05) is 6.54 Å². The molecule has 0 saturated heterocycles. The summed E-state index contributed by atoms with van der Waals surface area (Å²) in [5.41, 5.74) is 6.81. The maximum absolute atomic E-state index is 11.8. The fraction of sp³-hybridized carbons (Fsp3) is 0.467. The highest BCUT2D eigenvalue weighted by molar-refractivity contribution is 5.87. The Bertz CT molecular complexity index is 475. The summed E-state index contributed by atoms with van der Waals surface area (Å²) in [6, 6.07) is 6.07. The predicted octanol–water partition coefficient (Wildman–Crippen LogP) is 1.42. The molecule has 5 heteroatoms. The number of carboxylic acids is 1. The second-order valence-electron chi connectivity index (χ2n) is 5.89. The molecule has 1 atom stereocenters. The first-order valence-corrected chi connectivity index (χ1v) is 6.57. The Balaban J connectivity index is 2.45. The van der Waals surface area contributed by atoms with Gasteiger partial charge in [0.25, 0.3) is 0 Å². The minimum atomic E-state index is -0.944. The van der Waals surface area contributed by atoms with Crippen LogP contribution in [0, 0.1) is 5.41 Å². The summed E-state index contributed by atoms with van der Waals surface area (Å²) in [5.74, 6) is -1.11. The third-order valence-electron chi connectivity index (χ3n) is 3.13. The largest absolute Gasteiger partial charge is 0.478 e. The zero-order valence-electron chi connectivity index (χ0n) is 12.1. The Morgan fingerprint density at radius 3 is 2.25 bits per heavy atom. The first kappa shape index (κ1) is 16.2. The smallest absolute Gasteiger partial charge is 0.335 e. The molecule has 0 bridgehead atoms. The summed E-state index contributed by atoms with van der Waals surface area (Å²) in [6.45, 7) is 6.24. The van der Waals surface area contributed by atoms with E-state index >= 15 is 0 Å². The number of nitrogens with one attached hydrogen (secondary N) is 1. The van der Waals surface area contributed by atoms with E-state index in [2.05, 4.69) is 5.32 Å². The zero-order valence-corrected chi connectivity index (χ0v) is 12.1. The van der Waals surface area contributed by atoms with Crippen molar-refractivity contribution in [3.8, 4) is 0 Å². The molecule has 4 N–H and O–H groups in total. The van der Waals surface area contributed by atoms with Crippen molar-refractivity contribution < 1.29 is 14.7 Å². The number of carboxylic acid groups (broad SMARTS) is 1. The number of rotatable bonds is 5. The second-order valence-corrected chi connectivity index (χ2v) is 5.89. The minimum absolute atomic E-state index is 0.167. The van der Waals surface area contributed by atoms with E-state index in [1.165, 1.54) is 0 Å². The molecule has 1 aromatic rings. The van der Waals surface area contributed by atoms with Crippen molar-refractivity contribution in [3.05, 3.63) is 35.4 Å². The van der Waals surface area contributed by atoms with Gasteiger partial charge in [0.2, 0.25) is 5.91 Å². The van der Waals surface area contributed by atoms with Gasteiger partial charge in [-0.25, -0.2) is 4.79 Å². The molecular weight excluding hydrogens is 256 g/mol. The number of hydrogen-bond acceptors (Lipinski definition) is 3. The molecule has 1 aromatic carbocycles. The van der Waals surface area contributed by atoms with E-state index in [0.717, 1.165) is 5.56 Å². The van der Waals surface area contributed by atoms with Crippen LogP contribution in [0.1, 0.15) is 36.7 Å². The van der Waals surface area contributed by atoms with Crippen LogP contribution >= 0.6 is 0 Å². The number of benzene rings is 1. The lowest BCUT2D eigenvalue weighted by Gasteiger charge is -2.25. The third-order valence-corrected chi connectivity index (χ3v) is 3.13. The van der Waals surface area contributed by atoms with Gasteiger partial charge in [0.1, 0.15) is 0 Å². The number of carbonyl (C=O) groups is 2. The topological polar surface area (TPSA) is 92.4 Å². The Morgan fingerprint density at radius 2 is 1.80 bits per heavy atom. The quantitative estimate of drug-likeness (QED) is 0.759. The fourth-order valence-electron chi connectivity index (χ4n) is 1.65. The minimum Gasteiger partial charge on any atom is -0.478 e. The Morgan fingerprint density at radius 1 is 1.25 bits per heavy atom. The molecule has 1 rings (SSSR count). The number of aromatic carboxylic acids is 1. The summed E-state index contributed by atoms with van der Waals surface area (Å²) >= 11 is 0. The van der Waals surface area contributed by atoms with Gasteiger partial charge < -0.3 is 16.2 Å². The van der Waals surface area contributed by atoms with Crippen LogP contribution in [0.15, 0.2) is 24.3 Å². The van der Waals surface area contributed by atoms with E-state index in [1.807, 2.05) is 20.8 Å². The first-order chi connectivity index (χ1) is 9.21. The molecule has 0 spiro atoms. The third kappa shape index (κ3) is 4.66. The van der Waals surface area contributed by atoms with E-state index in [9.17, 15) is 9.59 Å². The van der Waals surface area contributed by atoms with E-state index < -0.39 is 12.0 Å². The van der Waals surface area contributed by atoms with Crippen LogP contribution < -0.4 is 11.1 Å². The van der Waals surface area contributed by atoms with Crippen molar-refractivity contribution in [2.24, 2.45) is 11.1 Å². The van der Waals surface area contributed by atoms with Crippen molar-refractivity contribution in [1.82, 2.24) is 5.32 Å². The molecule has 1 unspecified atom stereocenters. The van der Waals surface area contributed by atoms with E-state index in [1.54, 1.807) is 24.3 Å². The molecule has 110 valence electrons. The Hall–Kier alpha value is -1.88. The van der Waals surface area contributed by atoms with Crippen LogP contribution in [0.5, 0.6) is 0 Å². The molecule has 0 aliphatic rings. The summed E-state index contributed by atoms with van der Waals surface area (Å²) in [7, 11) is 0. The molecule has 0 radical (unpaired) electrons. The van der Waals surface area contributed by atoms with Gasteiger partial charge in [0, 0.05) is 6.54 Å². The SMILES string of the molecule is CC(C)(C)C(N)C(=O)NCCc1ccc(C(=O)O)cc1. The molecule has 20 heavy (non-hydrogen) atoms. The maximum atomic E-state index is 11.8. The molecule has 0 aliphatic carbocycles. The van der Waals surface area contributed by atoms with Crippen LogP contribution in [0.2, 0.25) is 0 Å². The van der Waals surface area contributed by atoms with Crippen molar-refractivity contribution in [2.45, 2.75) is 33.2 Å². The van der Waals surface area contributed by atoms with E-state index in [-0.39, 0.29) is 16.9 Å². The maximum Gasteiger partial charge on any atom is 0.335 e. The van der Waals surface area contributed by atoms with Gasteiger partial charge in [-0.1, -0.05) is 32.9 Å². The van der Waals surface area contributed by atoms with Crippen LogP contribution in [-0.2, 0) is 11.2 Å². The monoisotopic (exact) mass is 278 g/mol. The van der Waals surface area contributed by atoms with Crippen LogP contribution in [0.25, 0.3) is 0 Å². The van der Waals surface area contributed by atoms with Gasteiger partial charge in [-0.05, 0) is 29.5 Å². The fourth-order valence-corrected chi connectivity index (χ4v) is 1.65. The summed E-state index contributed by atoms with van der Waals surface area (Å²) < 4.78 is 0. The van der Waals surface area contributed by atoms with Crippen LogP contribution in [0.3, 0.4) is 0 Å². The summed E-state index contributed by atoms with van der Waals surface area (Å²) in [5, 5.41) is 11.6.